The van der Waals surface area contributed by atoms with Crippen LogP contribution in [0, 0.1) is 13.8 Å². The van der Waals surface area contributed by atoms with Crippen LogP contribution in [-0.4, -0.2) is 17.9 Å². The number of nitrogens with zero attached hydrogens (tertiary/aromatic N) is 1. The average molecular weight is 363 g/mol. The smallest absolute Gasteiger partial charge is 0.256 e. The van der Waals surface area contributed by atoms with E-state index in [2.05, 4.69) is 5.32 Å². The summed E-state index contributed by atoms with van der Waals surface area (Å²) in [4.78, 5) is 26.4. The number of halogens is 2. The summed E-state index contributed by atoms with van der Waals surface area (Å²) in [5.41, 5.74) is 3.04. The first-order valence-electron chi connectivity index (χ1n) is 7.53. The van der Waals surface area contributed by atoms with Crippen LogP contribution in [0.5, 0.6) is 0 Å². The zero-order valence-electron chi connectivity index (χ0n) is 13.3. The quantitative estimate of drug-likeness (QED) is 0.825. The molecule has 1 aliphatic heterocycles. The van der Waals surface area contributed by atoms with E-state index in [-0.39, 0.29) is 18.2 Å². The van der Waals surface area contributed by atoms with Crippen LogP contribution < -0.4 is 10.2 Å². The van der Waals surface area contributed by atoms with Crippen LogP contribution in [0.15, 0.2) is 36.4 Å². The summed E-state index contributed by atoms with van der Waals surface area (Å²) in [6.45, 7) is 3.80. The maximum absolute atomic E-state index is 12.7. The topological polar surface area (TPSA) is 49.4 Å². The molecule has 2 amide bonds. The summed E-state index contributed by atoms with van der Waals surface area (Å²) in [6, 6.07) is 10.2. The number of rotatable bonds is 3. The number of aryl methyl sites for hydroxylation is 2. The van der Waals surface area contributed by atoms with Crippen LogP contribution in [0.1, 0.15) is 17.5 Å². The Kier molecular flexibility index (Phi) is 4.52. The van der Waals surface area contributed by atoms with Gasteiger partial charge in [-0.15, -0.1) is 0 Å². The number of imide groups is 1. The minimum absolute atomic E-state index is 0.0784. The molecule has 0 saturated carbocycles. The fourth-order valence-electron chi connectivity index (χ4n) is 2.76. The molecule has 1 atom stereocenters. The molecule has 0 radical (unpaired) electrons. The molecular weight excluding hydrogens is 347 g/mol. The Morgan fingerprint density at radius 1 is 1.12 bits per heavy atom. The Hall–Kier alpha value is -2.04. The van der Waals surface area contributed by atoms with Gasteiger partial charge in [0.15, 0.2) is 0 Å². The zero-order valence-corrected chi connectivity index (χ0v) is 14.8. The standard InChI is InChI=1S/C18H16Cl2N2O2/c1-10-6-7-11(2)15(8-10)22-16(23)9-14(18(22)24)21-13-5-3-4-12(19)17(13)20/h3-8,14,21H,9H2,1-2H3/t14-/m0/s1. The third kappa shape index (κ3) is 2.99. The lowest BCUT2D eigenvalue weighted by Gasteiger charge is -2.19. The van der Waals surface area contributed by atoms with Gasteiger partial charge in [-0.1, -0.05) is 41.4 Å². The fraction of sp³-hybridized carbons (Fsp3) is 0.222. The van der Waals surface area contributed by atoms with E-state index in [1.807, 2.05) is 32.0 Å². The molecule has 1 N–H and O–H groups in total. The highest BCUT2D eigenvalue weighted by atomic mass is 35.5. The number of hydrogen-bond acceptors (Lipinski definition) is 3. The third-order valence-electron chi connectivity index (χ3n) is 4.03. The summed E-state index contributed by atoms with van der Waals surface area (Å²) in [5.74, 6) is -0.519. The van der Waals surface area contributed by atoms with Crippen molar-refractivity contribution in [2.24, 2.45) is 0 Å². The van der Waals surface area contributed by atoms with Gasteiger partial charge in [0.1, 0.15) is 6.04 Å². The van der Waals surface area contributed by atoms with Gasteiger partial charge in [-0.2, -0.15) is 0 Å². The van der Waals surface area contributed by atoms with Crippen molar-refractivity contribution in [3.05, 3.63) is 57.6 Å². The van der Waals surface area contributed by atoms with Gasteiger partial charge in [0.05, 0.1) is 27.8 Å². The highest BCUT2D eigenvalue weighted by molar-refractivity contribution is 6.43. The van der Waals surface area contributed by atoms with Crippen molar-refractivity contribution in [3.8, 4) is 0 Å². The van der Waals surface area contributed by atoms with E-state index in [0.717, 1.165) is 11.1 Å². The molecule has 2 aromatic rings. The first-order chi connectivity index (χ1) is 11.4. The van der Waals surface area contributed by atoms with Crippen LogP contribution >= 0.6 is 23.2 Å². The molecule has 0 bridgehead atoms. The number of nitrogens with one attached hydrogen (secondary N) is 1. The molecular formula is C18H16Cl2N2O2. The molecule has 2 aromatic carbocycles. The number of benzene rings is 2. The van der Waals surface area contributed by atoms with Crippen molar-refractivity contribution >= 4 is 46.4 Å². The molecule has 0 aromatic heterocycles. The Morgan fingerprint density at radius 2 is 1.88 bits per heavy atom. The average Bonchev–Trinajstić information content (AvgIpc) is 2.81. The number of carbonyl (C=O) groups is 2. The Balaban J connectivity index is 1.89. The van der Waals surface area contributed by atoms with E-state index >= 15 is 0 Å². The van der Waals surface area contributed by atoms with Crippen LogP contribution in [0.4, 0.5) is 11.4 Å². The third-order valence-corrected chi connectivity index (χ3v) is 4.85. The van der Waals surface area contributed by atoms with Crippen molar-refractivity contribution in [1.82, 2.24) is 0 Å². The van der Waals surface area contributed by atoms with E-state index in [0.29, 0.717) is 21.4 Å². The second kappa shape index (κ2) is 6.46. The van der Waals surface area contributed by atoms with Crippen molar-refractivity contribution in [2.75, 3.05) is 10.2 Å². The Bertz CT molecular complexity index is 836. The van der Waals surface area contributed by atoms with Crippen LogP contribution in [-0.2, 0) is 9.59 Å². The molecule has 1 aliphatic rings. The number of carbonyl (C=O) groups excluding carboxylic acids is 2. The van der Waals surface area contributed by atoms with Crippen LogP contribution in [0.2, 0.25) is 10.0 Å². The molecule has 0 unspecified atom stereocenters. The molecule has 6 heteroatoms. The van der Waals surface area contributed by atoms with Gasteiger partial charge < -0.3 is 5.32 Å². The lowest BCUT2D eigenvalue weighted by molar-refractivity contribution is -0.121. The second-order valence-corrected chi connectivity index (χ2v) is 6.64. The van der Waals surface area contributed by atoms with E-state index in [4.69, 9.17) is 23.2 Å². The van der Waals surface area contributed by atoms with Crippen molar-refractivity contribution in [2.45, 2.75) is 26.3 Å². The molecule has 1 heterocycles. The molecule has 24 heavy (non-hydrogen) atoms. The van der Waals surface area contributed by atoms with Gasteiger partial charge in [-0.05, 0) is 43.2 Å². The maximum Gasteiger partial charge on any atom is 0.256 e. The van der Waals surface area contributed by atoms with E-state index in [1.165, 1.54) is 4.90 Å². The predicted molar refractivity (Wildman–Crippen MR) is 96.9 cm³/mol. The summed E-state index contributed by atoms with van der Waals surface area (Å²) in [6.07, 6.45) is 0.0784. The highest BCUT2D eigenvalue weighted by Gasteiger charge is 2.40. The van der Waals surface area contributed by atoms with E-state index in [1.54, 1.807) is 18.2 Å². The predicted octanol–water partition coefficient (Wildman–Crippen LogP) is 4.35. The fourth-order valence-corrected chi connectivity index (χ4v) is 3.12. The molecule has 4 nitrogen and oxygen atoms in total. The number of hydrogen-bond donors (Lipinski definition) is 1. The van der Waals surface area contributed by atoms with Crippen molar-refractivity contribution < 1.29 is 9.59 Å². The maximum atomic E-state index is 12.7. The van der Waals surface area contributed by atoms with Gasteiger partial charge in [0, 0.05) is 0 Å². The largest absolute Gasteiger partial charge is 0.372 e. The normalized spacial score (nSPS) is 17.5. The first kappa shape index (κ1) is 16.8. The molecule has 3 rings (SSSR count). The van der Waals surface area contributed by atoms with Gasteiger partial charge in [0.2, 0.25) is 5.91 Å². The minimum atomic E-state index is -0.659. The van der Waals surface area contributed by atoms with Gasteiger partial charge >= 0.3 is 0 Å². The summed E-state index contributed by atoms with van der Waals surface area (Å²) >= 11 is 12.1. The van der Waals surface area contributed by atoms with Crippen molar-refractivity contribution in [3.63, 3.8) is 0 Å². The molecule has 124 valence electrons. The van der Waals surface area contributed by atoms with Gasteiger partial charge in [0.25, 0.3) is 5.91 Å². The summed E-state index contributed by atoms with van der Waals surface area (Å²) in [7, 11) is 0. The van der Waals surface area contributed by atoms with Crippen molar-refractivity contribution in [1.29, 1.82) is 0 Å². The molecule has 0 aliphatic carbocycles. The number of amides is 2. The molecule has 0 spiro atoms. The lowest BCUT2D eigenvalue weighted by Crippen LogP contribution is -2.35. The van der Waals surface area contributed by atoms with Crippen LogP contribution in [0.3, 0.4) is 0 Å². The minimum Gasteiger partial charge on any atom is -0.372 e. The molecule has 1 fully saturated rings. The molecule has 1 saturated heterocycles. The summed E-state index contributed by atoms with van der Waals surface area (Å²) < 4.78 is 0. The first-order valence-corrected chi connectivity index (χ1v) is 8.28. The highest BCUT2D eigenvalue weighted by Crippen LogP contribution is 2.33. The van der Waals surface area contributed by atoms with Gasteiger partial charge in [-0.3, -0.25) is 9.59 Å². The SMILES string of the molecule is Cc1ccc(C)c(N2C(=O)C[C@H](Nc3cccc(Cl)c3Cl)C2=O)c1. The second-order valence-electron chi connectivity index (χ2n) is 5.86. The van der Waals surface area contributed by atoms with Gasteiger partial charge in [-0.25, -0.2) is 4.90 Å². The Labute approximate surface area is 150 Å². The van der Waals surface area contributed by atoms with Crippen LogP contribution in [0.25, 0.3) is 0 Å². The monoisotopic (exact) mass is 362 g/mol. The lowest BCUT2D eigenvalue weighted by atomic mass is 10.1. The van der Waals surface area contributed by atoms with E-state index < -0.39 is 6.04 Å². The Morgan fingerprint density at radius 3 is 2.62 bits per heavy atom. The van der Waals surface area contributed by atoms with E-state index in [9.17, 15) is 9.59 Å². The zero-order chi connectivity index (χ0) is 17.4. The summed E-state index contributed by atoms with van der Waals surface area (Å²) in [5, 5.41) is 3.77. The number of anilines is 2.